The van der Waals surface area contributed by atoms with Crippen molar-refractivity contribution in [2.24, 2.45) is 0 Å². The average molecular weight is 326 g/mol. The van der Waals surface area contributed by atoms with Crippen molar-refractivity contribution in [1.29, 1.82) is 0 Å². The van der Waals surface area contributed by atoms with Crippen LogP contribution in [0.1, 0.15) is 32.1 Å². The fraction of sp³-hybridized carbons (Fsp3) is 0.533. The highest BCUT2D eigenvalue weighted by atomic mass is 79.9. The number of rotatable bonds is 3. The number of benzene rings is 1. The Morgan fingerprint density at radius 3 is 2.42 bits per heavy atom. The van der Waals surface area contributed by atoms with Crippen molar-refractivity contribution in [3.8, 4) is 0 Å². The zero-order chi connectivity index (χ0) is 13.5. The highest BCUT2D eigenvalue weighted by Gasteiger charge is 2.16. The SMILES string of the molecule is O=C(C[NH+]1CCCCCCC1)Nc1ccccc1Br. The van der Waals surface area contributed by atoms with Gasteiger partial charge in [-0.15, -0.1) is 0 Å². The molecule has 2 rings (SSSR count). The topological polar surface area (TPSA) is 33.5 Å². The summed E-state index contributed by atoms with van der Waals surface area (Å²) in [6.07, 6.45) is 6.48. The number of quaternary nitrogens is 1. The van der Waals surface area contributed by atoms with Crippen LogP contribution in [0.25, 0.3) is 0 Å². The van der Waals surface area contributed by atoms with E-state index in [1.807, 2.05) is 24.3 Å². The third-order valence-corrected chi connectivity index (χ3v) is 4.31. The molecule has 1 aromatic rings. The molecule has 0 atom stereocenters. The molecular formula is C15H22BrN2O+. The number of anilines is 1. The molecule has 2 N–H and O–H groups in total. The number of carbonyl (C=O) groups is 1. The fourth-order valence-electron chi connectivity index (χ4n) is 2.57. The minimum Gasteiger partial charge on any atom is -0.327 e. The lowest BCUT2D eigenvalue weighted by Crippen LogP contribution is -3.13. The standard InChI is InChI=1S/C15H21BrN2O/c16-13-8-4-5-9-14(13)17-15(19)12-18-10-6-2-1-3-7-11-18/h4-5,8-9H,1-3,6-7,10-12H2,(H,17,19)/p+1. The molecular weight excluding hydrogens is 304 g/mol. The molecule has 1 aliphatic rings. The second-order valence-electron chi connectivity index (χ2n) is 5.22. The second-order valence-corrected chi connectivity index (χ2v) is 6.08. The van der Waals surface area contributed by atoms with Crippen molar-refractivity contribution >= 4 is 27.5 Å². The molecule has 1 fully saturated rings. The van der Waals surface area contributed by atoms with Gasteiger partial charge in [0.15, 0.2) is 6.54 Å². The summed E-state index contributed by atoms with van der Waals surface area (Å²) in [5.41, 5.74) is 0.860. The van der Waals surface area contributed by atoms with Gasteiger partial charge in [-0.2, -0.15) is 0 Å². The Bertz CT molecular complexity index is 414. The van der Waals surface area contributed by atoms with Crippen LogP contribution < -0.4 is 10.2 Å². The van der Waals surface area contributed by atoms with Crippen molar-refractivity contribution < 1.29 is 9.69 Å². The van der Waals surface area contributed by atoms with Gasteiger partial charge in [-0.1, -0.05) is 18.6 Å². The van der Waals surface area contributed by atoms with Gasteiger partial charge in [-0.3, -0.25) is 4.79 Å². The molecule has 0 saturated carbocycles. The summed E-state index contributed by atoms with van der Waals surface area (Å²) < 4.78 is 0.936. The molecule has 0 unspecified atom stereocenters. The van der Waals surface area contributed by atoms with Crippen molar-refractivity contribution in [1.82, 2.24) is 0 Å². The first-order valence-corrected chi connectivity index (χ1v) is 7.93. The molecule has 0 bridgehead atoms. The highest BCUT2D eigenvalue weighted by molar-refractivity contribution is 9.10. The van der Waals surface area contributed by atoms with Crippen LogP contribution in [0.5, 0.6) is 0 Å². The van der Waals surface area contributed by atoms with Crippen molar-refractivity contribution in [2.45, 2.75) is 32.1 Å². The molecule has 3 nitrogen and oxygen atoms in total. The van der Waals surface area contributed by atoms with E-state index in [1.54, 1.807) is 0 Å². The lowest BCUT2D eigenvalue weighted by atomic mass is 10.1. The predicted molar refractivity (Wildman–Crippen MR) is 81.4 cm³/mol. The molecule has 104 valence electrons. The van der Waals surface area contributed by atoms with Crippen LogP contribution in [-0.4, -0.2) is 25.5 Å². The van der Waals surface area contributed by atoms with Crippen LogP contribution in [0.2, 0.25) is 0 Å². The minimum absolute atomic E-state index is 0.113. The zero-order valence-electron chi connectivity index (χ0n) is 11.3. The van der Waals surface area contributed by atoms with Gasteiger partial charge in [0.2, 0.25) is 0 Å². The van der Waals surface area contributed by atoms with E-state index in [9.17, 15) is 4.79 Å². The maximum absolute atomic E-state index is 12.1. The number of amides is 1. The molecule has 1 heterocycles. The first-order valence-electron chi connectivity index (χ1n) is 7.13. The Morgan fingerprint density at radius 1 is 1.11 bits per heavy atom. The van der Waals surface area contributed by atoms with Crippen LogP contribution in [0, 0.1) is 0 Å². The van der Waals surface area contributed by atoms with Gasteiger partial charge in [-0.05, 0) is 53.7 Å². The van der Waals surface area contributed by atoms with Gasteiger partial charge in [0.1, 0.15) is 0 Å². The molecule has 1 saturated heterocycles. The van der Waals surface area contributed by atoms with E-state index in [4.69, 9.17) is 0 Å². The lowest BCUT2D eigenvalue weighted by molar-refractivity contribution is -0.892. The maximum atomic E-state index is 12.1. The van der Waals surface area contributed by atoms with Gasteiger partial charge in [0.05, 0.1) is 18.8 Å². The van der Waals surface area contributed by atoms with Crippen LogP contribution in [0.4, 0.5) is 5.69 Å². The molecule has 1 amide bonds. The van der Waals surface area contributed by atoms with Gasteiger partial charge in [-0.25, -0.2) is 0 Å². The quantitative estimate of drug-likeness (QED) is 0.878. The van der Waals surface area contributed by atoms with Gasteiger partial charge in [0.25, 0.3) is 5.91 Å². The number of carbonyl (C=O) groups excluding carboxylic acids is 1. The number of nitrogens with one attached hydrogen (secondary N) is 2. The molecule has 4 heteroatoms. The van der Waals surface area contributed by atoms with E-state index in [2.05, 4.69) is 21.2 Å². The Morgan fingerprint density at radius 2 is 1.74 bits per heavy atom. The Hall–Kier alpha value is -0.870. The Labute approximate surface area is 123 Å². The summed E-state index contributed by atoms with van der Waals surface area (Å²) in [6.45, 7) is 2.84. The average Bonchev–Trinajstić information content (AvgIpc) is 2.35. The summed E-state index contributed by atoms with van der Waals surface area (Å²) in [7, 11) is 0. The normalized spacial score (nSPS) is 17.5. The number of para-hydroxylation sites is 1. The minimum atomic E-state index is 0.113. The van der Waals surface area contributed by atoms with E-state index in [0.29, 0.717) is 6.54 Å². The van der Waals surface area contributed by atoms with E-state index >= 15 is 0 Å². The third-order valence-electron chi connectivity index (χ3n) is 3.62. The summed E-state index contributed by atoms with van der Waals surface area (Å²) >= 11 is 3.45. The summed E-state index contributed by atoms with van der Waals surface area (Å²) in [4.78, 5) is 13.5. The van der Waals surface area contributed by atoms with E-state index in [0.717, 1.165) is 23.2 Å². The Kier molecular flexibility index (Phi) is 5.86. The first kappa shape index (κ1) is 14.5. The monoisotopic (exact) mass is 325 g/mol. The number of likely N-dealkylation sites (tertiary alicyclic amines) is 1. The number of halogens is 1. The number of hydrogen-bond acceptors (Lipinski definition) is 1. The second kappa shape index (κ2) is 7.65. The van der Waals surface area contributed by atoms with Crippen LogP contribution >= 0.6 is 15.9 Å². The smallest absolute Gasteiger partial charge is 0.279 e. The molecule has 19 heavy (non-hydrogen) atoms. The predicted octanol–water partition coefficient (Wildman–Crippen LogP) is 2.24. The highest BCUT2D eigenvalue weighted by Crippen LogP contribution is 2.20. The van der Waals surface area contributed by atoms with Gasteiger partial charge >= 0.3 is 0 Å². The maximum Gasteiger partial charge on any atom is 0.279 e. The largest absolute Gasteiger partial charge is 0.327 e. The molecule has 0 spiro atoms. The molecule has 1 aliphatic heterocycles. The van der Waals surface area contributed by atoms with Crippen molar-refractivity contribution in [2.75, 3.05) is 25.0 Å². The van der Waals surface area contributed by atoms with Crippen molar-refractivity contribution in [3.63, 3.8) is 0 Å². The van der Waals surface area contributed by atoms with E-state index in [1.165, 1.54) is 37.0 Å². The molecule has 0 radical (unpaired) electrons. The molecule has 0 aliphatic carbocycles. The fourth-order valence-corrected chi connectivity index (χ4v) is 2.95. The van der Waals surface area contributed by atoms with Crippen molar-refractivity contribution in [3.05, 3.63) is 28.7 Å². The van der Waals surface area contributed by atoms with Gasteiger partial charge in [0, 0.05) is 4.47 Å². The Balaban J connectivity index is 1.84. The zero-order valence-corrected chi connectivity index (χ0v) is 12.8. The van der Waals surface area contributed by atoms with E-state index < -0.39 is 0 Å². The molecule has 0 aromatic heterocycles. The van der Waals surface area contributed by atoms with E-state index in [-0.39, 0.29) is 5.91 Å². The summed E-state index contributed by atoms with van der Waals surface area (Å²) in [5.74, 6) is 0.113. The summed E-state index contributed by atoms with van der Waals surface area (Å²) in [5, 5.41) is 2.99. The summed E-state index contributed by atoms with van der Waals surface area (Å²) in [6, 6.07) is 7.75. The third kappa shape index (κ3) is 4.96. The number of hydrogen-bond donors (Lipinski definition) is 2. The molecule has 1 aromatic carbocycles. The van der Waals surface area contributed by atoms with Crippen LogP contribution in [0.3, 0.4) is 0 Å². The lowest BCUT2D eigenvalue weighted by Gasteiger charge is -2.21. The van der Waals surface area contributed by atoms with Crippen LogP contribution in [-0.2, 0) is 4.79 Å². The van der Waals surface area contributed by atoms with Gasteiger partial charge < -0.3 is 10.2 Å². The first-order chi connectivity index (χ1) is 9.25. The van der Waals surface area contributed by atoms with Crippen LogP contribution in [0.15, 0.2) is 28.7 Å².